The van der Waals surface area contributed by atoms with E-state index in [0.717, 1.165) is 21.3 Å². The lowest BCUT2D eigenvalue weighted by Crippen LogP contribution is -1.97. The third-order valence-corrected chi connectivity index (χ3v) is 4.67. The van der Waals surface area contributed by atoms with Crippen LogP contribution < -0.4 is 14.2 Å². The van der Waals surface area contributed by atoms with Crippen LogP contribution in [-0.4, -0.2) is 42.4 Å². The van der Waals surface area contributed by atoms with Crippen LogP contribution in [0.4, 0.5) is 0 Å². The minimum absolute atomic E-state index is 0.378. The van der Waals surface area contributed by atoms with Crippen molar-refractivity contribution in [2.75, 3.05) is 21.3 Å². The minimum Gasteiger partial charge on any atom is -0.496 e. The van der Waals surface area contributed by atoms with Crippen LogP contribution in [0.3, 0.4) is 0 Å². The molecular formula is C18H17BrN4O3S. The Hall–Kier alpha value is -2.65. The van der Waals surface area contributed by atoms with Gasteiger partial charge < -0.3 is 14.2 Å². The van der Waals surface area contributed by atoms with Gasteiger partial charge in [-0.1, -0.05) is 0 Å². The molecule has 0 bridgehead atoms. The first kappa shape index (κ1) is 19.1. The molecule has 7 nitrogen and oxygen atoms in total. The summed E-state index contributed by atoms with van der Waals surface area (Å²) in [6.45, 7) is 0. The SMILES string of the molecule is COc1ccc(/C=N\n2c(-c3ccc(OC)c(OC)c3)n[nH]c2=S)cc1Br. The summed E-state index contributed by atoms with van der Waals surface area (Å²) in [5.74, 6) is 2.54. The fraction of sp³-hybridized carbons (Fsp3) is 0.167. The Kier molecular flexibility index (Phi) is 5.92. The smallest absolute Gasteiger partial charge is 0.216 e. The number of hydrogen-bond donors (Lipinski definition) is 1. The third-order valence-electron chi connectivity index (χ3n) is 3.79. The maximum atomic E-state index is 5.36. The molecule has 1 N–H and O–H groups in total. The Morgan fingerprint density at radius 3 is 2.41 bits per heavy atom. The summed E-state index contributed by atoms with van der Waals surface area (Å²) in [4.78, 5) is 0. The van der Waals surface area contributed by atoms with Gasteiger partial charge in [0, 0.05) is 5.56 Å². The molecule has 0 saturated heterocycles. The highest BCUT2D eigenvalue weighted by Gasteiger charge is 2.12. The number of methoxy groups -OCH3 is 3. The quantitative estimate of drug-likeness (QED) is 0.449. The van der Waals surface area contributed by atoms with Crippen molar-refractivity contribution in [2.24, 2.45) is 5.10 Å². The maximum absolute atomic E-state index is 5.36. The fourth-order valence-electron chi connectivity index (χ4n) is 2.45. The van der Waals surface area contributed by atoms with E-state index in [-0.39, 0.29) is 0 Å². The highest BCUT2D eigenvalue weighted by atomic mass is 79.9. The first-order valence-electron chi connectivity index (χ1n) is 7.85. The molecule has 0 aliphatic rings. The zero-order valence-electron chi connectivity index (χ0n) is 14.9. The second kappa shape index (κ2) is 8.36. The minimum atomic E-state index is 0.378. The highest BCUT2D eigenvalue weighted by Crippen LogP contribution is 2.31. The van der Waals surface area contributed by atoms with Crippen molar-refractivity contribution in [2.45, 2.75) is 0 Å². The van der Waals surface area contributed by atoms with Gasteiger partial charge in [-0.25, -0.2) is 5.10 Å². The molecule has 0 radical (unpaired) electrons. The van der Waals surface area contributed by atoms with E-state index in [1.165, 1.54) is 0 Å². The molecule has 0 fully saturated rings. The van der Waals surface area contributed by atoms with E-state index in [9.17, 15) is 0 Å². The van der Waals surface area contributed by atoms with E-state index in [0.29, 0.717) is 22.1 Å². The van der Waals surface area contributed by atoms with Crippen LogP contribution in [0.15, 0.2) is 46.0 Å². The molecule has 0 aliphatic heterocycles. The summed E-state index contributed by atoms with van der Waals surface area (Å²) < 4.78 is 18.6. The zero-order chi connectivity index (χ0) is 19.4. The first-order chi connectivity index (χ1) is 13.1. The van der Waals surface area contributed by atoms with Gasteiger partial charge in [0.25, 0.3) is 0 Å². The third kappa shape index (κ3) is 4.04. The molecule has 1 aromatic heterocycles. The molecule has 3 rings (SSSR count). The summed E-state index contributed by atoms with van der Waals surface area (Å²) in [7, 11) is 4.79. The lowest BCUT2D eigenvalue weighted by atomic mass is 10.2. The maximum Gasteiger partial charge on any atom is 0.216 e. The van der Waals surface area contributed by atoms with Gasteiger partial charge in [0.1, 0.15) is 5.75 Å². The number of H-pyrrole nitrogens is 1. The number of rotatable bonds is 6. The van der Waals surface area contributed by atoms with Crippen molar-refractivity contribution in [3.63, 3.8) is 0 Å². The second-order valence-corrected chi connectivity index (χ2v) is 6.61. The Morgan fingerprint density at radius 2 is 1.74 bits per heavy atom. The number of hydrogen-bond acceptors (Lipinski definition) is 6. The summed E-state index contributed by atoms with van der Waals surface area (Å²) in [5, 5.41) is 11.5. The average molecular weight is 449 g/mol. The van der Waals surface area contributed by atoms with Crippen LogP contribution in [0.25, 0.3) is 11.4 Å². The van der Waals surface area contributed by atoms with Crippen molar-refractivity contribution < 1.29 is 14.2 Å². The lowest BCUT2D eigenvalue weighted by Gasteiger charge is -2.09. The lowest BCUT2D eigenvalue weighted by molar-refractivity contribution is 0.355. The predicted octanol–water partition coefficient (Wildman–Crippen LogP) is 4.28. The molecule has 27 heavy (non-hydrogen) atoms. The molecule has 3 aromatic rings. The molecule has 0 unspecified atom stereocenters. The molecule has 1 heterocycles. The van der Waals surface area contributed by atoms with Crippen LogP contribution in [-0.2, 0) is 0 Å². The highest BCUT2D eigenvalue weighted by molar-refractivity contribution is 9.10. The molecule has 0 atom stereocenters. The van der Waals surface area contributed by atoms with Gasteiger partial charge >= 0.3 is 0 Å². The molecule has 0 aliphatic carbocycles. The summed E-state index contributed by atoms with van der Waals surface area (Å²) in [6, 6.07) is 11.1. The molecule has 0 saturated carbocycles. The van der Waals surface area contributed by atoms with Crippen molar-refractivity contribution in [1.29, 1.82) is 0 Å². The molecule has 140 valence electrons. The van der Waals surface area contributed by atoms with Gasteiger partial charge in [0.2, 0.25) is 4.77 Å². The molecule has 9 heteroatoms. The average Bonchev–Trinajstić information content (AvgIpc) is 3.06. The van der Waals surface area contributed by atoms with E-state index in [4.69, 9.17) is 26.4 Å². The van der Waals surface area contributed by atoms with Crippen molar-refractivity contribution in [3.05, 3.63) is 51.2 Å². The van der Waals surface area contributed by atoms with Gasteiger partial charge in [-0.15, -0.1) is 0 Å². The van der Waals surface area contributed by atoms with Gasteiger partial charge in [0.15, 0.2) is 17.3 Å². The van der Waals surface area contributed by atoms with Crippen molar-refractivity contribution >= 4 is 34.4 Å². The molecule has 2 aromatic carbocycles. The first-order valence-corrected chi connectivity index (χ1v) is 9.05. The standard InChI is InChI=1S/C18H17BrN4O3S/c1-24-14-6-4-11(8-13(14)19)10-20-23-17(21-22-18(23)27)12-5-7-15(25-2)16(9-12)26-3/h4-10H,1-3H3,(H,22,27)/b20-10-. The molecule has 0 amide bonds. The number of nitrogens with one attached hydrogen (secondary N) is 1. The number of aromatic amines is 1. The molecular weight excluding hydrogens is 432 g/mol. The van der Waals surface area contributed by atoms with Crippen molar-refractivity contribution in [1.82, 2.24) is 14.9 Å². The Bertz CT molecular complexity index is 1050. The zero-order valence-corrected chi connectivity index (χ0v) is 17.3. The van der Waals surface area contributed by atoms with Gasteiger partial charge in [-0.3, -0.25) is 0 Å². The van der Waals surface area contributed by atoms with Crippen LogP contribution in [0.2, 0.25) is 0 Å². The normalized spacial score (nSPS) is 11.0. The summed E-state index contributed by atoms with van der Waals surface area (Å²) >= 11 is 8.77. The monoisotopic (exact) mass is 448 g/mol. The number of aromatic nitrogens is 3. The van der Waals surface area contributed by atoms with Gasteiger partial charge in [-0.2, -0.15) is 14.9 Å². The molecule has 0 spiro atoms. The second-order valence-electron chi connectivity index (χ2n) is 5.37. The van der Waals surface area contributed by atoms with E-state index in [1.54, 1.807) is 38.3 Å². The Balaban J connectivity index is 1.98. The van der Waals surface area contributed by atoms with Crippen LogP contribution in [0.1, 0.15) is 5.56 Å². The Morgan fingerprint density at radius 1 is 1.04 bits per heavy atom. The number of nitrogens with zero attached hydrogens (tertiary/aromatic N) is 3. The van der Waals surface area contributed by atoms with Crippen LogP contribution in [0.5, 0.6) is 17.2 Å². The van der Waals surface area contributed by atoms with E-state index < -0.39 is 0 Å². The van der Waals surface area contributed by atoms with Crippen LogP contribution in [0, 0.1) is 4.77 Å². The van der Waals surface area contributed by atoms with Crippen LogP contribution >= 0.6 is 28.1 Å². The van der Waals surface area contributed by atoms with Gasteiger partial charge in [-0.05, 0) is 70.1 Å². The largest absolute Gasteiger partial charge is 0.496 e. The number of ether oxygens (including phenoxy) is 3. The van der Waals surface area contributed by atoms with E-state index in [1.807, 2.05) is 30.3 Å². The predicted molar refractivity (Wildman–Crippen MR) is 110 cm³/mol. The van der Waals surface area contributed by atoms with E-state index >= 15 is 0 Å². The van der Waals surface area contributed by atoms with Gasteiger partial charge in [0.05, 0.1) is 32.0 Å². The Labute approximate surface area is 169 Å². The summed E-state index contributed by atoms with van der Waals surface area (Å²) in [5.41, 5.74) is 1.66. The summed E-state index contributed by atoms with van der Waals surface area (Å²) in [6.07, 6.45) is 1.69. The topological polar surface area (TPSA) is 73.7 Å². The van der Waals surface area contributed by atoms with Crippen molar-refractivity contribution in [3.8, 4) is 28.6 Å². The number of halogens is 1. The fourth-order valence-corrected chi connectivity index (χ4v) is 3.19. The van der Waals surface area contributed by atoms with E-state index in [2.05, 4.69) is 31.2 Å². The number of benzene rings is 2.